The first-order valence-electron chi connectivity index (χ1n) is 7.46. The number of pyridine rings is 1. The van der Waals surface area contributed by atoms with Crippen molar-refractivity contribution < 1.29 is 4.74 Å². The van der Waals surface area contributed by atoms with E-state index in [4.69, 9.17) is 21.3 Å². The number of aryl methyl sites for hydroxylation is 2. The van der Waals surface area contributed by atoms with Gasteiger partial charge < -0.3 is 9.30 Å². The molecule has 0 saturated carbocycles. The average Bonchev–Trinajstić information content (AvgIpc) is 2.86. The fourth-order valence-electron chi connectivity index (χ4n) is 2.76. The van der Waals surface area contributed by atoms with E-state index in [0.29, 0.717) is 5.88 Å². The Labute approximate surface area is 129 Å². The van der Waals surface area contributed by atoms with E-state index in [0.717, 1.165) is 62.8 Å². The van der Waals surface area contributed by atoms with E-state index in [1.54, 1.807) is 0 Å². The van der Waals surface area contributed by atoms with Crippen LogP contribution in [0.2, 0.25) is 0 Å². The summed E-state index contributed by atoms with van der Waals surface area (Å²) in [4.78, 5) is 11.7. The Morgan fingerprint density at radius 1 is 1.29 bits per heavy atom. The van der Waals surface area contributed by atoms with Crippen LogP contribution in [-0.2, 0) is 17.7 Å². The van der Waals surface area contributed by atoms with Crippen LogP contribution in [0.3, 0.4) is 0 Å². The molecule has 21 heavy (non-hydrogen) atoms. The van der Waals surface area contributed by atoms with Crippen LogP contribution in [0.15, 0.2) is 12.3 Å². The van der Waals surface area contributed by atoms with Crippen molar-refractivity contribution in [2.24, 2.45) is 0 Å². The van der Waals surface area contributed by atoms with Crippen molar-refractivity contribution in [2.75, 3.05) is 38.7 Å². The maximum absolute atomic E-state index is 5.92. The van der Waals surface area contributed by atoms with Gasteiger partial charge in [0.05, 0.1) is 13.2 Å². The number of alkyl halides is 1. The topological polar surface area (TPSA) is 43.2 Å². The summed E-state index contributed by atoms with van der Waals surface area (Å²) in [6, 6.07) is 2.01. The summed E-state index contributed by atoms with van der Waals surface area (Å²) in [5, 5.41) is 0. The molecule has 0 radical (unpaired) electrons. The van der Waals surface area contributed by atoms with E-state index in [-0.39, 0.29) is 0 Å². The predicted octanol–water partition coefficient (Wildman–Crippen LogP) is 1.85. The first-order chi connectivity index (χ1) is 10.3. The fourth-order valence-corrected chi connectivity index (χ4v) is 2.93. The van der Waals surface area contributed by atoms with Gasteiger partial charge in [-0.2, -0.15) is 0 Å². The van der Waals surface area contributed by atoms with Gasteiger partial charge in [-0.05, 0) is 18.6 Å². The highest BCUT2D eigenvalue weighted by atomic mass is 35.5. The van der Waals surface area contributed by atoms with Crippen molar-refractivity contribution in [1.29, 1.82) is 0 Å². The van der Waals surface area contributed by atoms with E-state index in [1.165, 1.54) is 5.56 Å². The van der Waals surface area contributed by atoms with Gasteiger partial charge >= 0.3 is 0 Å². The second-order valence-electron chi connectivity index (χ2n) is 5.37. The standard InChI is InChI=1S/C15H21ClN4O/c1-12-3-5-17-15-14(12)18-13(2-4-16)20(15)7-6-19-8-10-21-11-9-19/h3,5H,2,4,6-11H2,1H3. The number of morpholine rings is 1. The van der Waals surface area contributed by atoms with Crippen LogP contribution in [0.25, 0.3) is 11.2 Å². The lowest BCUT2D eigenvalue weighted by molar-refractivity contribution is 0.0364. The Kier molecular flexibility index (Phi) is 4.73. The summed E-state index contributed by atoms with van der Waals surface area (Å²) in [7, 11) is 0. The van der Waals surface area contributed by atoms with Gasteiger partial charge in [-0.1, -0.05) is 0 Å². The number of ether oxygens (including phenoxy) is 1. The van der Waals surface area contributed by atoms with Crippen LogP contribution in [-0.4, -0.2) is 58.2 Å². The summed E-state index contributed by atoms with van der Waals surface area (Å²) in [5.74, 6) is 1.62. The highest BCUT2D eigenvalue weighted by Gasteiger charge is 2.15. The van der Waals surface area contributed by atoms with E-state index >= 15 is 0 Å². The minimum atomic E-state index is 0.583. The lowest BCUT2D eigenvalue weighted by atomic mass is 10.3. The number of hydrogen-bond donors (Lipinski definition) is 0. The molecule has 1 fully saturated rings. The lowest BCUT2D eigenvalue weighted by Crippen LogP contribution is -2.38. The number of fused-ring (bicyclic) bond motifs is 1. The third-order valence-corrected chi connectivity index (χ3v) is 4.17. The maximum Gasteiger partial charge on any atom is 0.160 e. The summed E-state index contributed by atoms with van der Waals surface area (Å²) in [6.45, 7) is 7.65. The molecule has 0 unspecified atom stereocenters. The summed E-state index contributed by atoms with van der Waals surface area (Å²) >= 11 is 5.92. The molecule has 0 atom stereocenters. The van der Waals surface area contributed by atoms with Gasteiger partial charge in [-0.15, -0.1) is 11.6 Å². The molecule has 0 spiro atoms. The molecule has 3 heterocycles. The molecule has 0 aliphatic carbocycles. The van der Waals surface area contributed by atoms with E-state index in [9.17, 15) is 0 Å². The van der Waals surface area contributed by atoms with Gasteiger partial charge in [0.15, 0.2) is 5.65 Å². The summed E-state index contributed by atoms with van der Waals surface area (Å²) < 4.78 is 7.62. The van der Waals surface area contributed by atoms with Crippen LogP contribution in [0.4, 0.5) is 0 Å². The van der Waals surface area contributed by atoms with Gasteiger partial charge in [0.1, 0.15) is 11.3 Å². The average molecular weight is 309 g/mol. The van der Waals surface area contributed by atoms with Gasteiger partial charge in [0, 0.05) is 44.7 Å². The van der Waals surface area contributed by atoms with E-state index in [1.807, 2.05) is 12.3 Å². The molecule has 1 aliphatic rings. The smallest absolute Gasteiger partial charge is 0.160 e. The Hall–Kier alpha value is -1.17. The molecule has 5 nitrogen and oxygen atoms in total. The molecular formula is C15H21ClN4O. The highest BCUT2D eigenvalue weighted by molar-refractivity contribution is 6.17. The SMILES string of the molecule is Cc1ccnc2c1nc(CCCl)n2CCN1CCOCC1. The van der Waals surface area contributed by atoms with Crippen molar-refractivity contribution in [3.05, 3.63) is 23.7 Å². The summed E-state index contributed by atoms with van der Waals surface area (Å²) in [6.07, 6.45) is 2.63. The zero-order chi connectivity index (χ0) is 14.7. The number of halogens is 1. The van der Waals surface area contributed by atoms with E-state index in [2.05, 4.69) is 21.4 Å². The molecule has 0 amide bonds. The Balaban J connectivity index is 1.84. The fraction of sp³-hybridized carbons (Fsp3) is 0.600. The van der Waals surface area contributed by atoms with Crippen LogP contribution in [0.5, 0.6) is 0 Å². The highest BCUT2D eigenvalue weighted by Crippen LogP contribution is 2.18. The van der Waals surface area contributed by atoms with Crippen molar-refractivity contribution in [3.63, 3.8) is 0 Å². The van der Waals surface area contributed by atoms with Crippen molar-refractivity contribution in [3.8, 4) is 0 Å². The van der Waals surface area contributed by atoms with Crippen LogP contribution in [0.1, 0.15) is 11.4 Å². The zero-order valence-corrected chi connectivity index (χ0v) is 13.1. The van der Waals surface area contributed by atoms with Crippen LogP contribution >= 0.6 is 11.6 Å². The maximum atomic E-state index is 5.92. The molecule has 2 aromatic heterocycles. The number of rotatable bonds is 5. The number of aromatic nitrogens is 3. The molecule has 0 aromatic carbocycles. The molecule has 114 valence electrons. The molecule has 6 heteroatoms. The number of imidazole rings is 1. The van der Waals surface area contributed by atoms with Crippen molar-refractivity contribution in [1.82, 2.24) is 19.4 Å². The van der Waals surface area contributed by atoms with Crippen LogP contribution < -0.4 is 0 Å². The molecule has 2 aromatic rings. The van der Waals surface area contributed by atoms with E-state index < -0.39 is 0 Å². The molecule has 1 aliphatic heterocycles. The molecule has 0 bridgehead atoms. The normalized spacial score (nSPS) is 16.7. The third-order valence-electron chi connectivity index (χ3n) is 3.98. The Morgan fingerprint density at radius 2 is 2.10 bits per heavy atom. The second kappa shape index (κ2) is 6.73. The number of nitrogens with zero attached hydrogens (tertiary/aromatic N) is 4. The molecule has 0 N–H and O–H groups in total. The third kappa shape index (κ3) is 3.20. The number of hydrogen-bond acceptors (Lipinski definition) is 4. The predicted molar refractivity (Wildman–Crippen MR) is 83.9 cm³/mol. The Bertz CT molecular complexity index is 607. The quantitative estimate of drug-likeness (QED) is 0.791. The van der Waals surface area contributed by atoms with Crippen molar-refractivity contribution >= 4 is 22.8 Å². The van der Waals surface area contributed by atoms with Gasteiger partial charge in [0.2, 0.25) is 0 Å². The van der Waals surface area contributed by atoms with Crippen LogP contribution in [0, 0.1) is 6.92 Å². The lowest BCUT2D eigenvalue weighted by Gasteiger charge is -2.26. The van der Waals surface area contributed by atoms with Gasteiger partial charge in [0.25, 0.3) is 0 Å². The first kappa shape index (κ1) is 14.8. The first-order valence-corrected chi connectivity index (χ1v) is 8.00. The Morgan fingerprint density at radius 3 is 2.86 bits per heavy atom. The van der Waals surface area contributed by atoms with Gasteiger partial charge in [-0.25, -0.2) is 9.97 Å². The monoisotopic (exact) mass is 308 g/mol. The second-order valence-corrected chi connectivity index (χ2v) is 5.75. The largest absolute Gasteiger partial charge is 0.379 e. The summed E-state index contributed by atoms with van der Waals surface area (Å²) in [5.41, 5.74) is 3.14. The van der Waals surface area contributed by atoms with Crippen molar-refractivity contribution in [2.45, 2.75) is 19.9 Å². The van der Waals surface area contributed by atoms with Gasteiger partial charge in [-0.3, -0.25) is 4.90 Å². The molecule has 1 saturated heterocycles. The molecule has 3 rings (SSSR count). The zero-order valence-electron chi connectivity index (χ0n) is 12.4. The minimum absolute atomic E-state index is 0.583. The molecular weight excluding hydrogens is 288 g/mol. The minimum Gasteiger partial charge on any atom is -0.379 e.